The second kappa shape index (κ2) is 3.50. The van der Waals surface area contributed by atoms with Gasteiger partial charge in [-0.3, -0.25) is 0 Å². The van der Waals surface area contributed by atoms with Gasteiger partial charge >= 0.3 is 0 Å². The van der Waals surface area contributed by atoms with Crippen LogP contribution in [0.4, 0.5) is 0 Å². The zero-order valence-corrected chi connectivity index (χ0v) is 11.1. The van der Waals surface area contributed by atoms with Gasteiger partial charge in [-0.25, -0.2) is 0 Å². The first-order valence-corrected chi connectivity index (χ1v) is 6.83. The molecule has 2 nitrogen and oxygen atoms in total. The summed E-state index contributed by atoms with van der Waals surface area (Å²) in [5.74, 6) is 0.880. The third kappa shape index (κ3) is 1.91. The van der Waals surface area contributed by atoms with Crippen molar-refractivity contribution < 1.29 is 9.47 Å². The summed E-state index contributed by atoms with van der Waals surface area (Å²) in [6.07, 6.45) is 9.40. The number of hydrogen-bond acceptors (Lipinski definition) is 2. The summed E-state index contributed by atoms with van der Waals surface area (Å²) in [6.45, 7) is 8.87. The Bertz CT molecular complexity index is 318. The van der Waals surface area contributed by atoms with E-state index in [2.05, 4.69) is 20.4 Å². The Labute approximate surface area is 104 Å². The Balaban J connectivity index is 1.79. The fourth-order valence-electron chi connectivity index (χ4n) is 5.71. The number of rotatable bonds is 4. The van der Waals surface area contributed by atoms with Crippen molar-refractivity contribution in [3.05, 3.63) is 12.8 Å². The monoisotopic (exact) mass is 236 g/mol. The van der Waals surface area contributed by atoms with Crippen LogP contribution in [0, 0.1) is 16.7 Å². The quantitative estimate of drug-likeness (QED) is 0.419. The second-order valence-corrected chi connectivity index (χ2v) is 7.41. The normalized spacial score (nSPS) is 51.5. The standard InChI is InChI=1S/C15H24O2/c1-4-16-11-17-15-7-12-5-13(2,9-15)8-14(3,6-12)10-15/h4,12H,1,5-11H2,2-3H3. The van der Waals surface area contributed by atoms with Gasteiger partial charge in [0.2, 0.25) is 0 Å². The van der Waals surface area contributed by atoms with Crippen LogP contribution in [0.3, 0.4) is 0 Å². The van der Waals surface area contributed by atoms with Crippen molar-refractivity contribution >= 4 is 0 Å². The predicted octanol–water partition coefficient (Wildman–Crippen LogP) is 3.87. The molecule has 0 aromatic rings. The zero-order chi connectivity index (χ0) is 12.1. The molecule has 4 aliphatic rings. The Morgan fingerprint density at radius 1 is 1.12 bits per heavy atom. The average molecular weight is 236 g/mol. The van der Waals surface area contributed by atoms with E-state index >= 15 is 0 Å². The van der Waals surface area contributed by atoms with Crippen molar-refractivity contribution in [3.63, 3.8) is 0 Å². The fraction of sp³-hybridized carbons (Fsp3) is 0.867. The highest BCUT2D eigenvalue weighted by Gasteiger charge is 2.60. The topological polar surface area (TPSA) is 18.5 Å². The van der Waals surface area contributed by atoms with Gasteiger partial charge < -0.3 is 9.47 Å². The second-order valence-electron chi connectivity index (χ2n) is 7.41. The van der Waals surface area contributed by atoms with Crippen molar-refractivity contribution in [1.82, 2.24) is 0 Å². The summed E-state index contributed by atoms with van der Waals surface area (Å²) < 4.78 is 11.3. The van der Waals surface area contributed by atoms with E-state index in [0.29, 0.717) is 17.6 Å². The lowest BCUT2D eigenvalue weighted by molar-refractivity contribution is -0.237. The van der Waals surface area contributed by atoms with Crippen LogP contribution in [-0.4, -0.2) is 12.4 Å². The maximum Gasteiger partial charge on any atom is 0.188 e. The lowest BCUT2D eigenvalue weighted by Crippen LogP contribution is -2.59. The van der Waals surface area contributed by atoms with Gasteiger partial charge in [0.25, 0.3) is 0 Å². The van der Waals surface area contributed by atoms with Crippen molar-refractivity contribution in [2.24, 2.45) is 16.7 Å². The van der Waals surface area contributed by atoms with Crippen LogP contribution in [0.15, 0.2) is 12.8 Å². The molecule has 0 spiro atoms. The summed E-state index contributed by atoms with van der Waals surface area (Å²) in [5.41, 5.74) is 1.14. The summed E-state index contributed by atoms with van der Waals surface area (Å²) in [6, 6.07) is 0. The molecule has 4 fully saturated rings. The molecule has 4 saturated carbocycles. The molecule has 0 aliphatic heterocycles. The van der Waals surface area contributed by atoms with E-state index in [-0.39, 0.29) is 5.60 Å². The highest BCUT2D eigenvalue weighted by molar-refractivity contribution is 5.11. The molecule has 4 aliphatic carbocycles. The fourth-order valence-corrected chi connectivity index (χ4v) is 5.71. The van der Waals surface area contributed by atoms with E-state index < -0.39 is 0 Å². The molecule has 17 heavy (non-hydrogen) atoms. The molecule has 0 radical (unpaired) electrons. The van der Waals surface area contributed by atoms with Crippen molar-refractivity contribution in [3.8, 4) is 0 Å². The van der Waals surface area contributed by atoms with Crippen LogP contribution < -0.4 is 0 Å². The molecule has 4 rings (SSSR count). The van der Waals surface area contributed by atoms with E-state index in [4.69, 9.17) is 9.47 Å². The maximum atomic E-state index is 6.12. The van der Waals surface area contributed by atoms with Crippen LogP contribution in [0.5, 0.6) is 0 Å². The van der Waals surface area contributed by atoms with Crippen LogP contribution in [0.2, 0.25) is 0 Å². The highest BCUT2D eigenvalue weighted by Crippen LogP contribution is 2.67. The highest BCUT2D eigenvalue weighted by atomic mass is 16.7. The first-order chi connectivity index (χ1) is 7.97. The van der Waals surface area contributed by atoms with Gasteiger partial charge in [-0.2, -0.15) is 0 Å². The minimum atomic E-state index is 0.103. The van der Waals surface area contributed by atoms with E-state index in [1.54, 1.807) is 0 Å². The minimum absolute atomic E-state index is 0.103. The van der Waals surface area contributed by atoms with Crippen LogP contribution in [0.1, 0.15) is 52.4 Å². The van der Waals surface area contributed by atoms with Gasteiger partial charge in [0, 0.05) is 0 Å². The largest absolute Gasteiger partial charge is 0.476 e. The molecular weight excluding hydrogens is 212 g/mol. The van der Waals surface area contributed by atoms with Gasteiger partial charge in [0.1, 0.15) is 0 Å². The molecule has 0 saturated heterocycles. The van der Waals surface area contributed by atoms with E-state index in [1.165, 1.54) is 44.8 Å². The smallest absolute Gasteiger partial charge is 0.188 e. The van der Waals surface area contributed by atoms with Gasteiger partial charge in [-0.05, 0) is 55.3 Å². The first-order valence-electron chi connectivity index (χ1n) is 6.83. The molecule has 96 valence electrons. The minimum Gasteiger partial charge on any atom is -0.476 e. The number of ether oxygens (including phenoxy) is 2. The molecule has 2 unspecified atom stereocenters. The molecule has 4 bridgehead atoms. The lowest BCUT2D eigenvalue weighted by Gasteiger charge is -2.64. The average Bonchev–Trinajstić information content (AvgIpc) is 2.11. The SMILES string of the molecule is C=COCOC12CC3CC(C)(CC(C)(C3)C1)C2. The molecule has 0 amide bonds. The molecular formula is C15H24O2. The first kappa shape index (κ1) is 11.6. The van der Waals surface area contributed by atoms with Gasteiger partial charge in [0.15, 0.2) is 6.79 Å². The molecule has 0 heterocycles. The maximum absolute atomic E-state index is 6.12. The molecule has 0 aromatic carbocycles. The molecule has 0 aromatic heterocycles. The van der Waals surface area contributed by atoms with Gasteiger partial charge in [-0.1, -0.05) is 20.4 Å². The Hall–Kier alpha value is -0.500. The zero-order valence-electron chi connectivity index (χ0n) is 11.1. The van der Waals surface area contributed by atoms with Crippen molar-refractivity contribution in [2.75, 3.05) is 6.79 Å². The van der Waals surface area contributed by atoms with Gasteiger partial charge in [0.05, 0.1) is 11.9 Å². The lowest BCUT2D eigenvalue weighted by atomic mass is 9.43. The van der Waals surface area contributed by atoms with E-state index in [1.807, 2.05) is 0 Å². The summed E-state index contributed by atoms with van der Waals surface area (Å²) >= 11 is 0. The number of hydrogen-bond donors (Lipinski definition) is 0. The van der Waals surface area contributed by atoms with Crippen LogP contribution in [-0.2, 0) is 9.47 Å². The molecule has 2 atom stereocenters. The summed E-state index contributed by atoms with van der Waals surface area (Å²) in [4.78, 5) is 0. The Morgan fingerprint density at radius 2 is 1.76 bits per heavy atom. The van der Waals surface area contributed by atoms with E-state index in [0.717, 1.165) is 5.92 Å². The van der Waals surface area contributed by atoms with Crippen molar-refractivity contribution in [1.29, 1.82) is 0 Å². The molecule has 2 heteroatoms. The Morgan fingerprint density at radius 3 is 2.29 bits per heavy atom. The van der Waals surface area contributed by atoms with Crippen LogP contribution in [0.25, 0.3) is 0 Å². The third-order valence-electron chi connectivity index (χ3n) is 5.13. The van der Waals surface area contributed by atoms with E-state index in [9.17, 15) is 0 Å². The Kier molecular flexibility index (Phi) is 2.39. The van der Waals surface area contributed by atoms with Crippen molar-refractivity contribution in [2.45, 2.75) is 58.0 Å². The molecule has 0 N–H and O–H groups in total. The third-order valence-corrected chi connectivity index (χ3v) is 5.13. The summed E-state index contributed by atoms with van der Waals surface area (Å²) in [7, 11) is 0. The predicted molar refractivity (Wildman–Crippen MR) is 67.4 cm³/mol. The van der Waals surface area contributed by atoms with Crippen LogP contribution >= 0.6 is 0 Å². The van der Waals surface area contributed by atoms with Gasteiger partial charge in [-0.15, -0.1) is 0 Å². The summed E-state index contributed by atoms with van der Waals surface area (Å²) in [5, 5.41) is 0.